The number of hydrogen-bond acceptors (Lipinski definition) is 8. The van der Waals surface area contributed by atoms with E-state index in [1.807, 2.05) is 63.8 Å². The van der Waals surface area contributed by atoms with Crippen LogP contribution >= 0.6 is 0 Å². The van der Waals surface area contributed by atoms with Crippen LogP contribution in [0.1, 0.15) is 57.9 Å². The van der Waals surface area contributed by atoms with E-state index in [1.165, 1.54) is 6.92 Å². The van der Waals surface area contributed by atoms with Crippen molar-refractivity contribution >= 4 is 38.9 Å². The molecule has 0 spiro atoms. The van der Waals surface area contributed by atoms with Crippen LogP contribution in [0.4, 0.5) is 22.9 Å². The number of carbonyl (C=O) groups excluding carboxylic acids is 1. The summed E-state index contributed by atoms with van der Waals surface area (Å²) < 4.78 is 32.9. The molecule has 12 heteroatoms. The summed E-state index contributed by atoms with van der Waals surface area (Å²) in [5, 5.41) is 26.6. The zero-order valence-electron chi connectivity index (χ0n) is 23.6. The normalized spacial score (nSPS) is 11.9. The van der Waals surface area contributed by atoms with E-state index in [1.54, 1.807) is 22.9 Å². The van der Waals surface area contributed by atoms with E-state index in [2.05, 4.69) is 21.6 Å². The number of aromatic nitrogens is 2. The highest BCUT2D eigenvalue weighted by atomic mass is 32.2. The molecule has 0 atom stereocenters. The van der Waals surface area contributed by atoms with Crippen molar-refractivity contribution in [3.8, 4) is 11.8 Å². The Morgan fingerprint density at radius 2 is 1.90 bits per heavy atom. The third kappa shape index (κ3) is 7.52. The molecule has 0 aliphatic heterocycles. The quantitative estimate of drug-likeness (QED) is 0.232. The first-order chi connectivity index (χ1) is 18.7. The number of carbonyl (C=O) groups is 1. The number of nitrogens with one attached hydrogen (secondary N) is 1. The fraction of sp³-hybridized carbons (Fsp3) is 0.393. The Hall–Kier alpha value is -4.08. The average molecular weight is 566 g/mol. The molecule has 0 aliphatic rings. The van der Waals surface area contributed by atoms with E-state index < -0.39 is 15.5 Å². The van der Waals surface area contributed by atoms with E-state index in [0.29, 0.717) is 35.7 Å². The molecule has 11 nitrogen and oxygen atoms in total. The number of nitrogens with zero attached hydrogens (tertiary/aromatic N) is 6. The van der Waals surface area contributed by atoms with Crippen LogP contribution in [0.5, 0.6) is 0 Å². The molecule has 0 fully saturated rings. The van der Waals surface area contributed by atoms with Gasteiger partial charge in [-0.1, -0.05) is 39.0 Å². The van der Waals surface area contributed by atoms with Crippen molar-refractivity contribution in [2.75, 3.05) is 29.1 Å². The summed E-state index contributed by atoms with van der Waals surface area (Å²) in [5.41, 5.74) is 3.70. The van der Waals surface area contributed by atoms with Gasteiger partial charge in [0.05, 0.1) is 22.8 Å². The van der Waals surface area contributed by atoms with Crippen LogP contribution in [-0.2, 0) is 20.3 Å². The van der Waals surface area contributed by atoms with Crippen molar-refractivity contribution in [2.45, 2.75) is 53.4 Å². The minimum Gasteiger partial charge on any atom is -0.372 e. The smallest absolute Gasteiger partial charge is 0.264 e. The number of para-hydroxylation sites is 1. The number of anilines is 2. The third-order valence-electron chi connectivity index (χ3n) is 6.15. The lowest BCUT2D eigenvalue weighted by molar-refractivity contribution is -0.114. The zero-order chi connectivity index (χ0) is 29.7. The number of aryl methyl sites for hydroxylation is 1. The summed E-state index contributed by atoms with van der Waals surface area (Å²) >= 11 is 0. The molecule has 2 aromatic carbocycles. The lowest BCUT2D eigenvalue weighted by Crippen LogP contribution is -2.25. The van der Waals surface area contributed by atoms with Crippen LogP contribution in [0.3, 0.4) is 0 Å². The second-order valence-electron chi connectivity index (χ2n) is 10.4. The van der Waals surface area contributed by atoms with Gasteiger partial charge in [-0.2, -0.15) is 18.8 Å². The Morgan fingerprint density at radius 3 is 2.48 bits per heavy atom. The van der Waals surface area contributed by atoms with Gasteiger partial charge in [-0.3, -0.25) is 9.35 Å². The number of rotatable bonds is 10. The SMILES string of the molecule is CCN(CCCS(=O)(=O)O)c1ccc(N=Nc2c(C#N)c(C(C)(C)C)nn2-c2ccccc2C)c(NC(C)=O)c1. The highest BCUT2D eigenvalue weighted by Gasteiger charge is 2.28. The number of nitriles is 1. The van der Waals surface area contributed by atoms with Gasteiger partial charge in [0.2, 0.25) is 5.91 Å². The monoisotopic (exact) mass is 565 g/mol. The number of benzene rings is 2. The van der Waals surface area contributed by atoms with Gasteiger partial charge in [0.15, 0.2) is 5.82 Å². The Morgan fingerprint density at radius 1 is 1.20 bits per heavy atom. The molecule has 0 unspecified atom stereocenters. The zero-order valence-corrected chi connectivity index (χ0v) is 24.4. The molecule has 0 bridgehead atoms. The Kier molecular flexibility index (Phi) is 9.44. The van der Waals surface area contributed by atoms with Crippen molar-refractivity contribution in [1.82, 2.24) is 9.78 Å². The molecule has 0 aliphatic carbocycles. The molecule has 1 amide bonds. The van der Waals surface area contributed by atoms with Crippen molar-refractivity contribution < 1.29 is 17.8 Å². The number of amides is 1. The molecule has 0 radical (unpaired) electrons. The topological polar surface area (TPSA) is 153 Å². The first kappa shape index (κ1) is 30.5. The second kappa shape index (κ2) is 12.4. The fourth-order valence-corrected chi connectivity index (χ4v) is 4.70. The summed E-state index contributed by atoms with van der Waals surface area (Å²) in [5.74, 6) is -0.374. The van der Waals surface area contributed by atoms with Crippen LogP contribution in [0.25, 0.3) is 5.69 Å². The maximum Gasteiger partial charge on any atom is 0.264 e. The first-order valence-corrected chi connectivity index (χ1v) is 14.5. The molecular formula is C28H35N7O4S. The molecule has 0 saturated heterocycles. The maximum absolute atomic E-state index is 12.0. The van der Waals surface area contributed by atoms with Crippen LogP contribution in [-0.4, -0.2) is 47.5 Å². The average Bonchev–Trinajstić information content (AvgIpc) is 3.24. The lowest BCUT2D eigenvalue weighted by atomic mass is 9.90. The molecule has 1 aromatic heterocycles. The van der Waals surface area contributed by atoms with Gasteiger partial charge in [-0.25, -0.2) is 4.68 Å². The summed E-state index contributed by atoms with van der Waals surface area (Å²) in [6.45, 7) is 12.1. The molecule has 40 heavy (non-hydrogen) atoms. The minimum atomic E-state index is -4.06. The van der Waals surface area contributed by atoms with E-state index in [4.69, 9.17) is 9.65 Å². The van der Waals surface area contributed by atoms with Crippen molar-refractivity contribution in [3.63, 3.8) is 0 Å². The summed E-state index contributed by atoms with van der Waals surface area (Å²) in [6.07, 6.45) is 0.236. The largest absolute Gasteiger partial charge is 0.372 e. The van der Waals surface area contributed by atoms with Crippen LogP contribution in [0, 0.1) is 18.3 Å². The maximum atomic E-state index is 12.0. The predicted molar refractivity (Wildman–Crippen MR) is 156 cm³/mol. The fourth-order valence-electron chi connectivity index (χ4n) is 4.21. The van der Waals surface area contributed by atoms with E-state index in [9.17, 15) is 18.5 Å². The van der Waals surface area contributed by atoms with E-state index >= 15 is 0 Å². The van der Waals surface area contributed by atoms with E-state index in [0.717, 1.165) is 16.9 Å². The molecular weight excluding hydrogens is 530 g/mol. The Labute approximate surface area is 235 Å². The minimum absolute atomic E-state index is 0.236. The van der Waals surface area contributed by atoms with Gasteiger partial charge in [0, 0.05) is 31.1 Å². The van der Waals surface area contributed by atoms with Crippen molar-refractivity contribution in [2.24, 2.45) is 10.2 Å². The van der Waals surface area contributed by atoms with Gasteiger partial charge in [-0.05, 0) is 50.1 Å². The molecule has 2 N–H and O–H groups in total. The van der Waals surface area contributed by atoms with Crippen LogP contribution < -0.4 is 10.2 Å². The summed E-state index contributed by atoms with van der Waals surface area (Å²) in [7, 11) is -4.06. The van der Waals surface area contributed by atoms with Crippen LogP contribution in [0.15, 0.2) is 52.7 Å². The van der Waals surface area contributed by atoms with Gasteiger partial charge in [0.1, 0.15) is 17.3 Å². The van der Waals surface area contributed by atoms with Gasteiger partial charge in [-0.15, -0.1) is 10.2 Å². The molecule has 212 valence electrons. The van der Waals surface area contributed by atoms with Crippen molar-refractivity contribution in [3.05, 3.63) is 59.3 Å². The highest BCUT2D eigenvalue weighted by molar-refractivity contribution is 7.85. The third-order valence-corrected chi connectivity index (χ3v) is 6.95. The van der Waals surface area contributed by atoms with Crippen molar-refractivity contribution in [1.29, 1.82) is 5.26 Å². The van der Waals surface area contributed by atoms with Gasteiger partial charge < -0.3 is 10.2 Å². The lowest BCUT2D eigenvalue weighted by Gasteiger charge is -2.24. The van der Waals surface area contributed by atoms with Gasteiger partial charge in [0.25, 0.3) is 10.1 Å². The standard InChI is InChI=1S/C28H35N7O4S/c1-7-34(15-10-16-40(37,38)39)21-13-14-23(24(17-21)30-20(3)36)31-32-27-22(18-29)26(28(4,5)6)33-35(27)25-12-9-8-11-19(25)2/h8-9,11-14,17H,7,10,15-16H2,1-6H3,(H,30,36)(H,37,38,39). The summed E-state index contributed by atoms with van der Waals surface area (Å²) in [4.78, 5) is 13.9. The molecule has 3 aromatic rings. The first-order valence-electron chi connectivity index (χ1n) is 12.9. The second-order valence-corrected chi connectivity index (χ2v) is 12.0. The Bertz CT molecular complexity index is 1560. The Balaban J connectivity index is 2.09. The number of azo groups is 1. The molecule has 0 saturated carbocycles. The molecule has 3 rings (SSSR count). The predicted octanol–water partition coefficient (Wildman–Crippen LogP) is 5.83. The number of hydrogen-bond donors (Lipinski definition) is 2. The van der Waals surface area contributed by atoms with Gasteiger partial charge >= 0.3 is 0 Å². The molecule has 1 heterocycles. The summed E-state index contributed by atoms with van der Waals surface area (Å²) in [6, 6.07) is 15.1. The highest BCUT2D eigenvalue weighted by Crippen LogP contribution is 2.36. The van der Waals surface area contributed by atoms with Crippen LogP contribution in [0.2, 0.25) is 0 Å². The van der Waals surface area contributed by atoms with E-state index in [-0.39, 0.29) is 23.9 Å².